The number of fused-ring (bicyclic) bond motifs is 1. The van der Waals surface area contributed by atoms with Crippen LogP contribution in [0.1, 0.15) is 24.3 Å². The zero-order valence-electron chi connectivity index (χ0n) is 9.67. The van der Waals surface area contributed by atoms with Crippen LogP contribution in [0.3, 0.4) is 0 Å². The molecule has 1 saturated heterocycles. The van der Waals surface area contributed by atoms with Crippen LogP contribution in [0, 0.1) is 5.21 Å². The van der Waals surface area contributed by atoms with Gasteiger partial charge in [0, 0.05) is 30.1 Å². The van der Waals surface area contributed by atoms with Gasteiger partial charge in [0.25, 0.3) is 0 Å². The van der Waals surface area contributed by atoms with Gasteiger partial charge in [-0.3, -0.25) is 0 Å². The number of aromatic nitrogens is 1. The molecular formula is C14H15N2O. The van der Waals surface area contributed by atoms with E-state index >= 15 is 0 Å². The molecule has 2 heterocycles. The molecule has 0 saturated carbocycles. The third-order valence-corrected chi connectivity index (χ3v) is 3.51. The molecule has 0 unspecified atom stereocenters. The average molecular weight is 227 g/mol. The second-order valence-corrected chi connectivity index (χ2v) is 4.60. The number of benzene rings is 1. The van der Waals surface area contributed by atoms with Gasteiger partial charge in [-0.25, -0.2) is 5.32 Å². The third kappa shape index (κ3) is 1.98. The fourth-order valence-electron chi connectivity index (χ4n) is 2.54. The first-order valence-electron chi connectivity index (χ1n) is 6.10. The minimum atomic E-state index is 0.498. The monoisotopic (exact) mass is 227 g/mol. The number of para-hydroxylation sites is 1. The summed E-state index contributed by atoms with van der Waals surface area (Å²) in [5, 5.41) is 17.3. The fourth-order valence-corrected chi connectivity index (χ4v) is 2.54. The van der Waals surface area contributed by atoms with Gasteiger partial charge in [0.15, 0.2) is 6.20 Å². The Kier molecular flexibility index (Phi) is 2.69. The van der Waals surface area contributed by atoms with Crippen LogP contribution in [0.15, 0.2) is 36.5 Å². The predicted octanol–water partition coefficient (Wildman–Crippen LogP) is 1.95. The van der Waals surface area contributed by atoms with Crippen LogP contribution in [0.5, 0.6) is 0 Å². The van der Waals surface area contributed by atoms with Gasteiger partial charge in [-0.15, -0.1) is 0 Å². The second-order valence-electron chi connectivity index (χ2n) is 4.60. The molecule has 1 aromatic carbocycles. The van der Waals surface area contributed by atoms with E-state index in [1.807, 2.05) is 24.3 Å². The van der Waals surface area contributed by atoms with E-state index in [0.29, 0.717) is 5.92 Å². The maximum atomic E-state index is 11.9. The highest BCUT2D eigenvalue weighted by molar-refractivity contribution is 5.76. The van der Waals surface area contributed by atoms with Crippen molar-refractivity contribution >= 4 is 10.9 Å². The zero-order valence-corrected chi connectivity index (χ0v) is 9.67. The lowest BCUT2D eigenvalue weighted by atomic mass is 9.91. The first kappa shape index (κ1) is 10.5. The molecule has 0 atom stereocenters. The summed E-state index contributed by atoms with van der Waals surface area (Å²) in [6.07, 6.45) is 3.87. The van der Waals surface area contributed by atoms with E-state index in [-0.39, 0.29) is 0 Å². The zero-order chi connectivity index (χ0) is 11.7. The summed E-state index contributed by atoms with van der Waals surface area (Å²) >= 11 is 0. The van der Waals surface area contributed by atoms with Crippen LogP contribution in [0.25, 0.3) is 10.9 Å². The molecule has 0 N–H and O–H groups in total. The number of hydrogen-bond donors (Lipinski definition) is 0. The van der Waals surface area contributed by atoms with E-state index < -0.39 is 0 Å². The number of nitrogens with zero attached hydrogens (tertiary/aromatic N) is 2. The Hall–Kier alpha value is -1.61. The molecular weight excluding hydrogens is 212 g/mol. The first-order chi connectivity index (χ1) is 8.34. The van der Waals surface area contributed by atoms with Crippen LogP contribution < -0.4 is 10.0 Å². The molecule has 1 aromatic heterocycles. The number of pyridine rings is 1. The molecule has 3 nitrogen and oxygen atoms in total. The summed E-state index contributed by atoms with van der Waals surface area (Å²) < 4.78 is 0.996. The summed E-state index contributed by atoms with van der Waals surface area (Å²) in [4.78, 5) is 0. The van der Waals surface area contributed by atoms with Crippen molar-refractivity contribution in [2.75, 3.05) is 13.1 Å². The Bertz CT molecular complexity index is 533. The van der Waals surface area contributed by atoms with Crippen molar-refractivity contribution in [3.8, 4) is 0 Å². The van der Waals surface area contributed by atoms with Gasteiger partial charge in [-0.1, -0.05) is 12.1 Å². The average Bonchev–Trinajstić information content (AvgIpc) is 2.40. The SMILES string of the molecule is [O-][n+]1cc(C2CC[N]CC2)cc2ccccc21. The largest absolute Gasteiger partial charge is 0.618 e. The Balaban J connectivity index is 2.05. The van der Waals surface area contributed by atoms with E-state index in [2.05, 4.69) is 11.4 Å². The molecule has 2 aromatic rings. The minimum absolute atomic E-state index is 0.498. The molecule has 87 valence electrons. The normalized spacial score (nSPS) is 17.4. The van der Waals surface area contributed by atoms with Crippen molar-refractivity contribution < 1.29 is 4.73 Å². The Morgan fingerprint density at radius 2 is 1.94 bits per heavy atom. The third-order valence-electron chi connectivity index (χ3n) is 3.51. The van der Waals surface area contributed by atoms with Crippen molar-refractivity contribution in [1.29, 1.82) is 0 Å². The Labute approximate surface area is 101 Å². The first-order valence-corrected chi connectivity index (χ1v) is 6.10. The highest BCUT2D eigenvalue weighted by atomic mass is 16.5. The van der Waals surface area contributed by atoms with E-state index in [0.717, 1.165) is 47.1 Å². The van der Waals surface area contributed by atoms with Crippen LogP contribution in [0.4, 0.5) is 0 Å². The molecule has 0 amide bonds. The van der Waals surface area contributed by atoms with Crippen LogP contribution in [-0.2, 0) is 0 Å². The Morgan fingerprint density at radius 3 is 2.76 bits per heavy atom. The quantitative estimate of drug-likeness (QED) is 0.542. The van der Waals surface area contributed by atoms with Crippen LogP contribution >= 0.6 is 0 Å². The van der Waals surface area contributed by atoms with Gasteiger partial charge in [-0.05, 0) is 30.9 Å². The second kappa shape index (κ2) is 4.34. The standard InChI is InChI=1S/C14H15N2O/c17-16-10-13(11-5-7-15-8-6-11)9-12-3-1-2-4-14(12)16/h1-4,9-11H,5-8H2. The van der Waals surface area contributed by atoms with E-state index in [9.17, 15) is 5.21 Å². The summed E-state index contributed by atoms with van der Waals surface area (Å²) in [5.41, 5.74) is 1.91. The molecule has 0 spiro atoms. The lowest BCUT2D eigenvalue weighted by molar-refractivity contribution is -0.577. The van der Waals surface area contributed by atoms with Gasteiger partial charge in [-0.2, -0.15) is 4.73 Å². The minimum Gasteiger partial charge on any atom is -0.618 e. The van der Waals surface area contributed by atoms with Crippen molar-refractivity contribution in [2.45, 2.75) is 18.8 Å². The summed E-state index contributed by atoms with van der Waals surface area (Å²) in [5.74, 6) is 0.498. The molecule has 0 bridgehead atoms. The van der Waals surface area contributed by atoms with Gasteiger partial charge >= 0.3 is 0 Å². The van der Waals surface area contributed by atoms with Crippen molar-refractivity contribution in [3.05, 3.63) is 47.3 Å². The summed E-state index contributed by atoms with van der Waals surface area (Å²) in [7, 11) is 0. The smallest absolute Gasteiger partial charge is 0.223 e. The highest BCUT2D eigenvalue weighted by Gasteiger charge is 2.19. The predicted molar refractivity (Wildman–Crippen MR) is 66.8 cm³/mol. The Morgan fingerprint density at radius 1 is 1.18 bits per heavy atom. The van der Waals surface area contributed by atoms with E-state index in [1.165, 1.54) is 0 Å². The van der Waals surface area contributed by atoms with Crippen LogP contribution in [-0.4, -0.2) is 13.1 Å². The lowest BCUT2D eigenvalue weighted by Gasteiger charge is -2.21. The summed E-state index contributed by atoms with van der Waals surface area (Å²) in [6.45, 7) is 1.85. The van der Waals surface area contributed by atoms with Gasteiger partial charge < -0.3 is 5.21 Å². The van der Waals surface area contributed by atoms with Gasteiger partial charge in [0.1, 0.15) is 0 Å². The molecule has 3 rings (SSSR count). The molecule has 0 aliphatic carbocycles. The van der Waals surface area contributed by atoms with E-state index in [1.54, 1.807) is 6.20 Å². The lowest BCUT2D eigenvalue weighted by Crippen LogP contribution is -2.29. The van der Waals surface area contributed by atoms with Gasteiger partial charge in [0.05, 0.1) is 0 Å². The molecule has 1 fully saturated rings. The van der Waals surface area contributed by atoms with Crippen molar-refractivity contribution in [2.24, 2.45) is 0 Å². The number of rotatable bonds is 1. The molecule has 1 aliphatic heterocycles. The maximum Gasteiger partial charge on any atom is 0.223 e. The highest BCUT2D eigenvalue weighted by Crippen LogP contribution is 2.26. The van der Waals surface area contributed by atoms with Gasteiger partial charge in [0.2, 0.25) is 5.52 Å². The fraction of sp³-hybridized carbons (Fsp3) is 0.357. The maximum absolute atomic E-state index is 11.9. The molecule has 1 radical (unpaired) electrons. The molecule has 3 heteroatoms. The van der Waals surface area contributed by atoms with Crippen molar-refractivity contribution in [1.82, 2.24) is 5.32 Å². The van der Waals surface area contributed by atoms with E-state index in [4.69, 9.17) is 0 Å². The topological polar surface area (TPSA) is 41.0 Å². The molecule has 1 aliphatic rings. The molecule has 17 heavy (non-hydrogen) atoms. The van der Waals surface area contributed by atoms with Crippen molar-refractivity contribution in [3.63, 3.8) is 0 Å². The summed E-state index contributed by atoms with van der Waals surface area (Å²) in [6, 6.07) is 9.89. The number of piperidine rings is 1. The number of hydrogen-bond acceptors (Lipinski definition) is 1. The van der Waals surface area contributed by atoms with Crippen LogP contribution in [0.2, 0.25) is 0 Å².